The summed E-state index contributed by atoms with van der Waals surface area (Å²) >= 11 is 0. The van der Waals surface area contributed by atoms with E-state index in [1.807, 2.05) is 0 Å². The van der Waals surface area contributed by atoms with Gasteiger partial charge in [-0.05, 0) is 102 Å². The molecule has 0 atom stereocenters. The fourth-order valence-electron chi connectivity index (χ4n) is 5.58. The summed E-state index contributed by atoms with van der Waals surface area (Å²) < 4.78 is 0. The minimum atomic E-state index is 0.132. The van der Waals surface area contributed by atoms with E-state index in [1.54, 1.807) is 11.1 Å². The molecule has 0 bridgehead atoms. The van der Waals surface area contributed by atoms with Gasteiger partial charge in [0.25, 0.3) is 0 Å². The molecular formula is C31H44. The third-order valence-electron chi connectivity index (χ3n) is 8.07. The molecule has 0 spiro atoms. The molecule has 0 aliphatic heterocycles. The molecule has 2 aliphatic rings. The van der Waals surface area contributed by atoms with E-state index in [9.17, 15) is 0 Å². The molecular weight excluding hydrogens is 372 g/mol. The van der Waals surface area contributed by atoms with Gasteiger partial charge in [-0.1, -0.05) is 84.6 Å². The summed E-state index contributed by atoms with van der Waals surface area (Å²) in [6.45, 7) is 23.2. The monoisotopic (exact) mass is 416 g/mol. The van der Waals surface area contributed by atoms with Gasteiger partial charge in [-0.3, -0.25) is 0 Å². The quantitative estimate of drug-likeness (QED) is 0.389. The van der Waals surface area contributed by atoms with Crippen molar-refractivity contribution < 1.29 is 0 Å². The van der Waals surface area contributed by atoms with Crippen LogP contribution in [0, 0.1) is 6.92 Å². The maximum absolute atomic E-state index is 4.59. The van der Waals surface area contributed by atoms with Crippen LogP contribution in [-0.2, 0) is 16.2 Å². The van der Waals surface area contributed by atoms with Crippen molar-refractivity contribution in [3.8, 4) is 0 Å². The summed E-state index contributed by atoms with van der Waals surface area (Å²) in [7, 11) is 0. The highest BCUT2D eigenvalue weighted by atomic mass is 14.5. The van der Waals surface area contributed by atoms with Crippen LogP contribution in [0.25, 0.3) is 0 Å². The van der Waals surface area contributed by atoms with Crippen LogP contribution in [-0.4, -0.2) is 0 Å². The summed E-state index contributed by atoms with van der Waals surface area (Å²) in [6.07, 6.45) is 16.3. The number of aryl methyl sites for hydroxylation is 1. The van der Waals surface area contributed by atoms with Crippen LogP contribution in [0.1, 0.15) is 109 Å². The largest absolute Gasteiger partial charge is 0.0949 e. The zero-order valence-corrected chi connectivity index (χ0v) is 21.4. The molecule has 0 nitrogen and oxygen atoms in total. The SMILES string of the molecule is C=C(\C=C/C(=C\CC)C(=C\C)/CC)C1(c2cc3c(cc2C)C(C)(C)CCC3(C)C)CC1. The van der Waals surface area contributed by atoms with E-state index in [4.69, 9.17) is 0 Å². The molecule has 0 radical (unpaired) electrons. The number of fused-ring (bicyclic) bond motifs is 1. The molecule has 0 saturated heterocycles. The van der Waals surface area contributed by atoms with Crippen LogP contribution in [0.3, 0.4) is 0 Å². The first-order valence-electron chi connectivity index (χ1n) is 12.4. The van der Waals surface area contributed by atoms with Gasteiger partial charge in [0.15, 0.2) is 0 Å². The lowest BCUT2D eigenvalue weighted by Gasteiger charge is -2.43. The highest BCUT2D eigenvalue weighted by Crippen LogP contribution is 2.57. The van der Waals surface area contributed by atoms with E-state index in [-0.39, 0.29) is 16.2 Å². The Labute approximate surface area is 192 Å². The van der Waals surface area contributed by atoms with E-state index >= 15 is 0 Å². The van der Waals surface area contributed by atoms with Gasteiger partial charge in [-0.2, -0.15) is 0 Å². The second-order valence-corrected chi connectivity index (χ2v) is 11.2. The van der Waals surface area contributed by atoms with Crippen molar-refractivity contribution in [1.29, 1.82) is 0 Å². The highest BCUT2D eigenvalue weighted by Gasteiger charge is 2.48. The summed E-state index contributed by atoms with van der Waals surface area (Å²) in [5.74, 6) is 0. The average Bonchev–Trinajstić information content (AvgIpc) is 3.52. The fourth-order valence-corrected chi connectivity index (χ4v) is 5.58. The molecule has 0 amide bonds. The minimum absolute atomic E-state index is 0.132. The standard InChI is InChI=1S/C31H44/c1-10-13-25(24(11-2)12-3)15-14-23(5)31(18-19-31)26-21-28-27(20-22(26)4)29(6,7)16-17-30(28,8)9/h11,13-15,20-21H,5,10,12,16-19H2,1-4,6-9H3/b15-14-,24-11-,25-13+. The molecule has 168 valence electrons. The molecule has 31 heavy (non-hydrogen) atoms. The molecule has 1 aromatic rings. The first-order chi connectivity index (χ1) is 14.5. The predicted octanol–water partition coefficient (Wildman–Crippen LogP) is 9.18. The first-order valence-corrected chi connectivity index (χ1v) is 12.4. The molecule has 3 rings (SSSR count). The van der Waals surface area contributed by atoms with E-state index in [0.29, 0.717) is 0 Å². The maximum Gasteiger partial charge on any atom is 0.0200 e. The Morgan fingerprint density at radius 3 is 1.97 bits per heavy atom. The lowest BCUT2D eigenvalue weighted by atomic mass is 9.62. The molecule has 1 saturated carbocycles. The van der Waals surface area contributed by atoms with Crippen molar-refractivity contribution in [3.63, 3.8) is 0 Å². The van der Waals surface area contributed by atoms with E-state index in [1.165, 1.54) is 53.5 Å². The molecule has 0 aromatic heterocycles. The number of allylic oxidation sites excluding steroid dienone is 7. The maximum atomic E-state index is 4.59. The Kier molecular flexibility index (Phi) is 6.62. The Morgan fingerprint density at radius 1 is 0.903 bits per heavy atom. The smallest absolute Gasteiger partial charge is 0.0200 e. The van der Waals surface area contributed by atoms with Crippen LogP contribution >= 0.6 is 0 Å². The normalized spacial score (nSPS) is 21.8. The van der Waals surface area contributed by atoms with Crippen molar-refractivity contribution in [2.75, 3.05) is 0 Å². The number of benzene rings is 1. The Morgan fingerprint density at radius 2 is 1.48 bits per heavy atom. The lowest BCUT2D eigenvalue weighted by Crippen LogP contribution is -2.34. The first kappa shape index (κ1) is 23.8. The number of hydrogen-bond donors (Lipinski definition) is 0. The van der Waals surface area contributed by atoms with Gasteiger partial charge in [0.05, 0.1) is 0 Å². The number of hydrogen-bond acceptors (Lipinski definition) is 0. The van der Waals surface area contributed by atoms with Gasteiger partial charge in [-0.25, -0.2) is 0 Å². The molecule has 0 N–H and O–H groups in total. The van der Waals surface area contributed by atoms with Crippen LogP contribution in [0.5, 0.6) is 0 Å². The molecule has 1 aromatic carbocycles. The second-order valence-electron chi connectivity index (χ2n) is 11.2. The van der Waals surface area contributed by atoms with Crippen molar-refractivity contribution >= 4 is 0 Å². The van der Waals surface area contributed by atoms with E-state index in [2.05, 4.69) is 98.4 Å². The molecule has 0 heterocycles. The fraction of sp³-hybridized carbons (Fsp3) is 0.548. The molecule has 0 unspecified atom stereocenters. The Balaban J connectivity index is 2.00. The summed E-state index contributed by atoms with van der Waals surface area (Å²) in [4.78, 5) is 0. The minimum Gasteiger partial charge on any atom is -0.0949 e. The van der Waals surface area contributed by atoms with Gasteiger partial charge < -0.3 is 0 Å². The van der Waals surface area contributed by atoms with Crippen molar-refractivity contribution in [2.45, 2.75) is 110 Å². The van der Waals surface area contributed by atoms with Gasteiger partial charge in [0.2, 0.25) is 0 Å². The van der Waals surface area contributed by atoms with Crippen molar-refractivity contribution in [3.05, 3.63) is 82.0 Å². The van der Waals surface area contributed by atoms with Gasteiger partial charge in [0, 0.05) is 5.41 Å². The van der Waals surface area contributed by atoms with Crippen LogP contribution in [0.2, 0.25) is 0 Å². The zero-order chi connectivity index (χ0) is 23.0. The van der Waals surface area contributed by atoms with Gasteiger partial charge >= 0.3 is 0 Å². The second kappa shape index (κ2) is 8.61. The van der Waals surface area contributed by atoms with Crippen molar-refractivity contribution in [1.82, 2.24) is 0 Å². The summed E-state index contributed by atoms with van der Waals surface area (Å²) in [5, 5.41) is 0. The Hall–Kier alpha value is -1.82. The molecule has 1 fully saturated rings. The topological polar surface area (TPSA) is 0 Å². The zero-order valence-electron chi connectivity index (χ0n) is 21.4. The van der Waals surface area contributed by atoms with Gasteiger partial charge in [-0.15, -0.1) is 0 Å². The predicted molar refractivity (Wildman–Crippen MR) is 138 cm³/mol. The van der Waals surface area contributed by atoms with Gasteiger partial charge in [0.1, 0.15) is 0 Å². The Bertz CT molecular complexity index is 938. The lowest BCUT2D eigenvalue weighted by molar-refractivity contribution is 0.331. The highest BCUT2D eigenvalue weighted by molar-refractivity contribution is 5.56. The van der Waals surface area contributed by atoms with Crippen LogP contribution in [0.4, 0.5) is 0 Å². The van der Waals surface area contributed by atoms with E-state index in [0.717, 1.165) is 12.8 Å². The van der Waals surface area contributed by atoms with Crippen molar-refractivity contribution in [2.24, 2.45) is 0 Å². The third kappa shape index (κ3) is 4.41. The van der Waals surface area contributed by atoms with Crippen LogP contribution in [0.15, 0.2) is 59.7 Å². The molecule has 2 aliphatic carbocycles. The molecule has 0 heteroatoms. The summed E-state index contributed by atoms with van der Waals surface area (Å²) in [5.41, 5.74) is 10.8. The van der Waals surface area contributed by atoms with E-state index < -0.39 is 0 Å². The summed E-state index contributed by atoms with van der Waals surface area (Å²) in [6, 6.07) is 5.09. The van der Waals surface area contributed by atoms with Crippen LogP contribution < -0.4 is 0 Å². The average molecular weight is 417 g/mol. The third-order valence-corrected chi connectivity index (χ3v) is 8.07. The number of rotatable bonds is 7.